The van der Waals surface area contributed by atoms with Crippen molar-refractivity contribution >= 4 is 5.97 Å². The van der Waals surface area contributed by atoms with Gasteiger partial charge in [-0.15, -0.1) is 0 Å². The van der Waals surface area contributed by atoms with Crippen molar-refractivity contribution in [1.82, 2.24) is 5.32 Å². The summed E-state index contributed by atoms with van der Waals surface area (Å²) in [4.78, 5) is 11.1. The van der Waals surface area contributed by atoms with Crippen LogP contribution >= 0.6 is 0 Å². The Balaban J connectivity index is 1.89. The maximum Gasteiger partial charge on any atom is 0.305 e. The molecule has 5 heteroatoms. The SMILES string of the molecule is CCOC(=O)CCCNCC(O)COC1CCCC1. The average molecular weight is 273 g/mol. The molecule has 1 saturated carbocycles. The Morgan fingerprint density at radius 2 is 2.16 bits per heavy atom. The van der Waals surface area contributed by atoms with Gasteiger partial charge in [-0.1, -0.05) is 12.8 Å². The fourth-order valence-electron chi connectivity index (χ4n) is 2.22. The summed E-state index contributed by atoms with van der Waals surface area (Å²) in [6.45, 7) is 3.85. The third kappa shape index (κ3) is 8.18. The molecule has 1 aliphatic carbocycles. The fourth-order valence-corrected chi connectivity index (χ4v) is 2.22. The molecule has 0 aromatic heterocycles. The monoisotopic (exact) mass is 273 g/mol. The molecule has 0 spiro atoms. The van der Waals surface area contributed by atoms with Crippen molar-refractivity contribution in [3.63, 3.8) is 0 Å². The van der Waals surface area contributed by atoms with Gasteiger partial charge in [-0.05, 0) is 32.7 Å². The van der Waals surface area contributed by atoms with Crippen LogP contribution in [0.1, 0.15) is 45.4 Å². The Morgan fingerprint density at radius 1 is 1.42 bits per heavy atom. The molecule has 1 unspecified atom stereocenters. The normalized spacial score (nSPS) is 17.6. The maximum absolute atomic E-state index is 11.1. The first-order valence-corrected chi connectivity index (χ1v) is 7.38. The van der Waals surface area contributed by atoms with Crippen molar-refractivity contribution in [2.24, 2.45) is 0 Å². The molecular formula is C14H27NO4. The number of ether oxygens (including phenoxy) is 2. The molecule has 0 amide bonds. The minimum absolute atomic E-state index is 0.158. The molecule has 1 fully saturated rings. The first kappa shape index (κ1) is 16.4. The topological polar surface area (TPSA) is 67.8 Å². The van der Waals surface area contributed by atoms with E-state index in [2.05, 4.69) is 5.32 Å². The number of esters is 1. The molecule has 0 bridgehead atoms. The van der Waals surface area contributed by atoms with Crippen LogP contribution in [0.3, 0.4) is 0 Å². The van der Waals surface area contributed by atoms with Crippen molar-refractivity contribution in [3.05, 3.63) is 0 Å². The van der Waals surface area contributed by atoms with E-state index >= 15 is 0 Å². The summed E-state index contributed by atoms with van der Waals surface area (Å²) in [6, 6.07) is 0. The zero-order valence-electron chi connectivity index (χ0n) is 11.9. The van der Waals surface area contributed by atoms with Gasteiger partial charge in [-0.3, -0.25) is 4.79 Å². The van der Waals surface area contributed by atoms with E-state index in [1.165, 1.54) is 12.8 Å². The van der Waals surface area contributed by atoms with Crippen LogP contribution in [0.15, 0.2) is 0 Å². The summed E-state index contributed by atoms with van der Waals surface area (Å²) >= 11 is 0. The number of carbonyl (C=O) groups is 1. The number of aliphatic hydroxyl groups excluding tert-OH is 1. The summed E-state index contributed by atoms with van der Waals surface area (Å²) < 4.78 is 10.5. The van der Waals surface area contributed by atoms with E-state index in [9.17, 15) is 9.90 Å². The fraction of sp³-hybridized carbons (Fsp3) is 0.929. The van der Waals surface area contributed by atoms with E-state index in [-0.39, 0.29) is 5.97 Å². The van der Waals surface area contributed by atoms with Crippen LogP contribution in [0, 0.1) is 0 Å². The highest BCUT2D eigenvalue weighted by Gasteiger charge is 2.16. The van der Waals surface area contributed by atoms with Gasteiger partial charge in [0, 0.05) is 13.0 Å². The zero-order chi connectivity index (χ0) is 13.9. The lowest BCUT2D eigenvalue weighted by molar-refractivity contribution is -0.143. The predicted octanol–water partition coefficient (Wildman–Crippen LogP) is 1.24. The summed E-state index contributed by atoms with van der Waals surface area (Å²) in [6.07, 6.45) is 5.77. The lowest BCUT2D eigenvalue weighted by Crippen LogP contribution is -2.32. The Bertz CT molecular complexity index is 242. The quantitative estimate of drug-likeness (QED) is 0.463. The third-order valence-corrected chi connectivity index (χ3v) is 3.25. The Hall–Kier alpha value is -0.650. The second kappa shape index (κ2) is 10.2. The smallest absolute Gasteiger partial charge is 0.305 e. The van der Waals surface area contributed by atoms with Gasteiger partial charge in [-0.2, -0.15) is 0 Å². The zero-order valence-corrected chi connectivity index (χ0v) is 11.9. The van der Waals surface area contributed by atoms with E-state index in [1.54, 1.807) is 6.92 Å². The number of hydrogen-bond donors (Lipinski definition) is 2. The first-order valence-electron chi connectivity index (χ1n) is 7.38. The van der Waals surface area contributed by atoms with E-state index in [0.29, 0.717) is 38.8 Å². The van der Waals surface area contributed by atoms with Gasteiger partial charge < -0.3 is 19.9 Å². The molecule has 0 aliphatic heterocycles. The lowest BCUT2D eigenvalue weighted by Gasteiger charge is -2.15. The molecule has 0 saturated heterocycles. The molecule has 0 heterocycles. The highest BCUT2D eigenvalue weighted by molar-refractivity contribution is 5.69. The number of nitrogens with one attached hydrogen (secondary N) is 1. The van der Waals surface area contributed by atoms with Crippen LogP contribution in [0.2, 0.25) is 0 Å². The van der Waals surface area contributed by atoms with Gasteiger partial charge in [0.25, 0.3) is 0 Å². The minimum atomic E-state index is -0.469. The Morgan fingerprint density at radius 3 is 2.84 bits per heavy atom. The first-order chi connectivity index (χ1) is 9.22. The molecule has 5 nitrogen and oxygen atoms in total. The molecule has 1 rings (SSSR count). The van der Waals surface area contributed by atoms with E-state index < -0.39 is 6.10 Å². The van der Waals surface area contributed by atoms with E-state index in [4.69, 9.17) is 9.47 Å². The van der Waals surface area contributed by atoms with Crippen molar-refractivity contribution < 1.29 is 19.4 Å². The summed E-state index contributed by atoms with van der Waals surface area (Å²) in [5, 5.41) is 12.8. The molecule has 19 heavy (non-hydrogen) atoms. The second-order valence-electron chi connectivity index (χ2n) is 5.01. The summed E-state index contributed by atoms with van der Waals surface area (Å²) in [5.41, 5.74) is 0. The molecule has 112 valence electrons. The highest BCUT2D eigenvalue weighted by Crippen LogP contribution is 2.20. The second-order valence-corrected chi connectivity index (χ2v) is 5.01. The van der Waals surface area contributed by atoms with Gasteiger partial charge in [0.15, 0.2) is 0 Å². The molecule has 2 N–H and O–H groups in total. The number of rotatable bonds is 10. The standard InChI is InChI=1S/C14H27NO4/c1-2-18-14(17)8-5-9-15-10-12(16)11-19-13-6-3-4-7-13/h12-13,15-16H,2-11H2,1H3. The van der Waals surface area contributed by atoms with Gasteiger partial charge in [0.1, 0.15) is 0 Å². The van der Waals surface area contributed by atoms with Crippen molar-refractivity contribution in [2.75, 3.05) is 26.3 Å². The summed E-state index contributed by atoms with van der Waals surface area (Å²) in [7, 11) is 0. The van der Waals surface area contributed by atoms with Gasteiger partial charge in [0.2, 0.25) is 0 Å². The highest BCUT2D eigenvalue weighted by atomic mass is 16.5. The van der Waals surface area contributed by atoms with Gasteiger partial charge in [-0.25, -0.2) is 0 Å². The van der Waals surface area contributed by atoms with Crippen molar-refractivity contribution in [2.45, 2.75) is 57.7 Å². The molecule has 1 aliphatic rings. The molecule has 0 aromatic carbocycles. The number of hydrogen-bond acceptors (Lipinski definition) is 5. The molecule has 0 radical (unpaired) electrons. The molecule has 1 atom stereocenters. The predicted molar refractivity (Wildman–Crippen MR) is 73.0 cm³/mol. The van der Waals surface area contributed by atoms with Crippen LogP contribution < -0.4 is 5.32 Å². The number of aliphatic hydroxyl groups is 1. The maximum atomic E-state index is 11.1. The van der Waals surface area contributed by atoms with Crippen LogP contribution in [-0.4, -0.2) is 49.6 Å². The minimum Gasteiger partial charge on any atom is -0.466 e. The Labute approximate surface area is 115 Å². The van der Waals surface area contributed by atoms with E-state index in [0.717, 1.165) is 19.3 Å². The number of carbonyl (C=O) groups excluding carboxylic acids is 1. The molecule has 0 aromatic rings. The van der Waals surface area contributed by atoms with Crippen LogP contribution in [0.5, 0.6) is 0 Å². The largest absolute Gasteiger partial charge is 0.466 e. The van der Waals surface area contributed by atoms with Crippen molar-refractivity contribution in [1.29, 1.82) is 0 Å². The average Bonchev–Trinajstić information content (AvgIpc) is 2.89. The lowest BCUT2D eigenvalue weighted by atomic mass is 10.3. The van der Waals surface area contributed by atoms with Crippen molar-refractivity contribution in [3.8, 4) is 0 Å². The Kier molecular flexibility index (Phi) is 8.79. The summed E-state index contributed by atoms with van der Waals surface area (Å²) in [5.74, 6) is -0.158. The molecular weight excluding hydrogens is 246 g/mol. The van der Waals surface area contributed by atoms with Gasteiger partial charge in [0.05, 0.1) is 25.4 Å². The third-order valence-electron chi connectivity index (χ3n) is 3.25. The van der Waals surface area contributed by atoms with Gasteiger partial charge >= 0.3 is 5.97 Å². The van der Waals surface area contributed by atoms with Crippen LogP contribution in [0.25, 0.3) is 0 Å². The van der Waals surface area contributed by atoms with Crippen LogP contribution in [-0.2, 0) is 14.3 Å². The van der Waals surface area contributed by atoms with E-state index in [1.807, 2.05) is 0 Å². The van der Waals surface area contributed by atoms with Crippen LogP contribution in [0.4, 0.5) is 0 Å².